The minimum Gasteiger partial charge on any atom is -0.743 e. The first-order chi connectivity index (χ1) is 40.6. The van der Waals surface area contributed by atoms with E-state index in [0.717, 1.165) is 39.0 Å². The number of hydrogen-bond acceptors (Lipinski definition) is 11. The van der Waals surface area contributed by atoms with Crippen LogP contribution < -0.4 is 0 Å². The number of halogens is 4. The normalized spacial score (nSPS) is 25.0. The molecule has 6 aromatic rings. The molecular formula is C67H72F4O11S4. The number of ketones is 1. The van der Waals surface area contributed by atoms with Crippen LogP contribution in [0.15, 0.2) is 205 Å². The number of rotatable bonds is 14. The van der Waals surface area contributed by atoms with E-state index in [1.54, 1.807) is 0 Å². The summed E-state index contributed by atoms with van der Waals surface area (Å²) in [6, 6.07) is 62.9. The maximum Gasteiger partial charge on any atom is 0.369 e. The van der Waals surface area contributed by atoms with Crippen molar-refractivity contribution >= 4 is 59.7 Å². The number of Topliss-reactive ketones (excluding diaryl/α,β-unsaturated/α-hetero) is 1. The average Bonchev–Trinajstić information content (AvgIpc) is 1.30. The predicted molar refractivity (Wildman–Crippen MR) is 319 cm³/mol. The Labute approximate surface area is 508 Å². The van der Waals surface area contributed by atoms with Crippen molar-refractivity contribution in [3.05, 3.63) is 181 Å². The number of ether oxygens (including phenoxy) is 2. The summed E-state index contributed by atoms with van der Waals surface area (Å²) in [4.78, 5) is 44.8. The Morgan fingerprint density at radius 2 is 0.814 bits per heavy atom. The number of hydrogen-bond donors (Lipinski definition) is 0. The van der Waals surface area contributed by atoms with Gasteiger partial charge in [-0.1, -0.05) is 124 Å². The molecule has 0 amide bonds. The van der Waals surface area contributed by atoms with Crippen LogP contribution >= 0.6 is 0 Å². The van der Waals surface area contributed by atoms with Crippen LogP contribution in [-0.2, 0) is 71.3 Å². The molecule has 0 saturated heterocycles. The SMILES string of the molecule is CC(C)(C)c1ccc([S+](c2ccccc2)c2ccccc2)cc1.CC(OC(=O)C12CC3CC(CC(C3)C1)C2)C(F)(F)S(=O)(=O)[O-].O=C1C2CC3CC1CC(C(=O)OCC(F)(F)S(=O)(=O)[O-])(C3)C2.c1ccc([S+](c2ccccc2)c2ccccc2)cc1. The second-order valence-corrected chi connectivity index (χ2v) is 31.9. The average molecular weight is 1260 g/mol. The lowest BCUT2D eigenvalue weighted by molar-refractivity contribution is -0.186. The summed E-state index contributed by atoms with van der Waals surface area (Å²) in [5, 5.41) is -9.24. The third-order valence-electron chi connectivity index (χ3n) is 17.6. The highest BCUT2D eigenvalue weighted by atomic mass is 32.2. The summed E-state index contributed by atoms with van der Waals surface area (Å²) in [7, 11) is -11.8. The smallest absolute Gasteiger partial charge is 0.369 e. The van der Waals surface area contributed by atoms with Crippen molar-refractivity contribution in [2.45, 2.75) is 150 Å². The third kappa shape index (κ3) is 14.7. The molecule has 0 radical (unpaired) electrons. The molecule has 3 unspecified atom stereocenters. The molecule has 8 aliphatic carbocycles. The molecule has 0 aromatic heterocycles. The molecular weight excluding hydrogens is 1180 g/mol. The Morgan fingerprint density at radius 1 is 0.500 bits per heavy atom. The Kier molecular flexibility index (Phi) is 19.6. The molecule has 0 heterocycles. The molecule has 3 atom stereocenters. The maximum absolute atomic E-state index is 13.5. The zero-order chi connectivity index (χ0) is 61.9. The number of alkyl halides is 4. The van der Waals surface area contributed by atoms with Crippen LogP contribution in [0, 0.1) is 46.3 Å². The summed E-state index contributed by atoms with van der Waals surface area (Å²) in [5.41, 5.74) is -0.166. The van der Waals surface area contributed by atoms with E-state index < -0.39 is 66.2 Å². The standard InChI is InChI=1S/C22H23S.C18H15S.C14H20F2O5S.C13H16F2O6S/c1-22(2,3)18-14-16-21(17-15-18)23(19-10-6-4-7-11-19)20-12-8-5-9-13-20;1-4-10-16(11-5-1)19(17-12-6-2-7-13-17)18-14-8-3-9-15-18;1-8(14(15,16)22(18,19)20)21-12(17)13-5-9-2-10(6-13)4-11(3-9)7-13;14-13(15,22(18,19)20)6-21-11(17)12-3-7-1-8(4-12)10(16)9(2-7)5-12/h4-17H,1-3H3;1-15H;8-11H,2-7H2,1H3,(H,18,19,20);7-9H,1-6H2,(H,18,19,20)/q2*+1;;/p-2. The fourth-order valence-electron chi connectivity index (χ4n) is 14.0. The van der Waals surface area contributed by atoms with Crippen LogP contribution in [0.2, 0.25) is 0 Å². The summed E-state index contributed by atoms with van der Waals surface area (Å²) in [5.74, 6) is -0.526. The molecule has 8 aliphatic rings. The van der Waals surface area contributed by atoms with Gasteiger partial charge in [-0.05, 0) is 185 Å². The molecule has 0 N–H and O–H groups in total. The van der Waals surface area contributed by atoms with Gasteiger partial charge in [0.05, 0.1) is 32.6 Å². The van der Waals surface area contributed by atoms with Gasteiger partial charge in [0.2, 0.25) is 0 Å². The lowest BCUT2D eigenvalue weighted by atomic mass is 9.49. The highest BCUT2D eigenvalue weighted by Gasteiger charge is 2.60. The van der Waals surface area contributed by atoms with E-state index in [1.807, 2.05) is 0 Å². The molecule has 6 aromatic carbocycles. The van der Waals surface area contributed by atoms with Crippen LogP contribution in [0.3, 0.4) is 0 Å². The van der Waals surface area contributed by atoms with Gasteiger partial charge in [0.1, 0.15) is 5.78 Å². The number of esters is 2. The van der Waals surface area contributed by atoms with Crippen LogP contribution in [0.5, 0.6) is 0 Å². The van der Waals surface area contributed by atoms with Crippen molar-refractivity contribution in [2.24, 2.45) is 46.3 Å². The van der Waals surface area contributed by atoms with Crippen LogP contribution in [0.1, 0.15) is 104 Å². The molecule has 8 bridgehead atoms. The minimum absolute atomic E-state index is 0.0146. The molecule has 19 heteroatoms. The monoisotopic (exact) mass is 1260 g/mol. The topological polar surface area (TPSA) is 184 Å². The molecule has 86 heavy (non-hydrogen) atoms. The second-order valence-electron chi connectivity index (χ2n) is 24.9. The van der Waals surface area contributed by atoms with Gasteiger partial charge < -0.3 is 18.6 Å². The van der Waals surface area contributed by atoms with Crippen LogP contribution in [0.4, 0.5) is 17.6 Å². The van der Waals surface area contributed by atoms with Crippen molar-refractivity contribution in [3.8, 4) is 0 Å². The Morgan fingerprint density at radius 3 is 1.13 bits per heavy atom. The first-order valence-corrected chi connectivity index (χ1v) is 34.3. The summed E-state index contributed by atoms with van der Waals surface area (Å²) < 4.78 is 126. The minimum atomic E-state index is -5.88. The second kappa shape index (κ2) is 26.1. The highest BCUT2D eigenvalue weighted by Crippen LogP contribution is 2.61. The zero-order valence-electron chi connectivity index (χ0n) is 48.4. The molecule has 8 fully saturated rings. The van der Waals surface area contributed by atoms with Gasteiger partial charge in [-0.3, -0.25) is 14.4 Å². The van der Waals surface area contributed by atoms with Gasteiger partial charge in [-0.15, -0.1) is 0 Å². The van der Waals surface area contributed by atoms with Gasteiger partial charge in [-0.2, -0.15) is 17.6 Å². The van der Waals surface area contributed by atoms with E-state index in [9.17, 15) is 57.9 Å². The molecule has 0 aliphatic heterocycles. The first-order valence-electron chi connectivity index (χ1n) is 29.0. The largest absolute Gasteiger partial charge is 0.743 e. The van der Waals surface area contributed by atoms with Crippen molar-refractivity contribution in [1.82, 2.24) is 0 Å². The number of carbonyl (C=O) groups is 3. The Balaban J connectivity index is 0.000000137. The van der Waals surface area contributed by atoms with E-state index in [4.69, 9.17) is 4.74 Å². The van der Waals surface area contributed by atoms with Crippen molar-refractivity contribution in [2.75, 3.05) is 6.61 Å². The van der Waals surface area contributed by atoms with Gasteiger partial charge in [-0.25, -0.2) is 16.8 Å². The van der Waals surface area contributed by atoms with Gasteiger partial charge in [0.25, 0.3) is 0 Å². The maximum atomic E-state index is 13.5. The Hall–Kier alpha value is -5.83. The molecule has 458 valence electrons. The Bertz CT molecular complexity index is 3330. The number of benzene rings is 6. The number of carbonyl (C=O) groups excluding carboxylic acids is 3. The molecule has 0 spiro atoms. The molecule has 8 saturated carbocycles. The summed E-state index contributed by atoms with van der Waals surface area (Å²) >= 11 is 0. The van der Waals surface area contributed by atoms with Crippen LogP contribution in [0.25, 0.3) is 0 Å². The quantitative estimate of drug-likeness (QED) is 0.0437. The van der Waals surface area contributed by atoms with E-state index in [1.165, 1.54) is 34.9 Å². The summed E-state index contributed by atoms with van der Waals surface area (Å²) in [6.45, 7) is 5.77. The lowest BCUT2D eigenvalue weighted by Gasteiger charge is -2.55. The lowest BCUT2D eigenvalue weighted by Crippen LogP contribution is -2.55. The van der Waals surface area contributed by atoms with Gasteiger partial charge in [0.15, 0.2) is 62.3 Å². The summed E-state index contributed by atoms with van der Waals surface area (Å²) in [6.07, 6.45) is 5.29. The fraction of sp³-hybridized carbons (Fsp3) is 0.418. The van der Waals surface area contributed by atoms with Crippen LogP contribution in [-0.4, -0.2) is 66.9 Å². The van der Waals surface area contributed by atoms with Crippen molar-refractivity contribution in [1.29, 1.82) is 0 Å². The van der Waals surface area contributed by atoms with Gasteiger partial charge >= 0.3 is 22.4 Å². The van der Waals surface area contributed by atoms with E-state index in [0.29, 0.717) is 43.4 Å². The van der Waals surface area contributed by atoms with Crippen molar-refractivity contribution < 1.29 is 67.4 Å². The first kappa shape index (κ1) is 64.6. The van der Waals surface area contributed by atoms with E-state index in [-0.39, 0.29) is 63.6 Å². The van der Waals surface area contributed by atoms with Gasteiger partial charge in [0, 0.05) is 11.8 Å². The molecule has 11 nitrogen and oxygen atoms in total. The third-order valence-corrected chi connectivity index (χ3v) is 23.9. The van der Waals surface area contributed by atoms with E-state index >= 15 is 0 Å². The zero-order valence-corrected chi connectivity index (χ0v) is 51.7. The highest BCUT2D eigenvalue weighted by molar-refractivity contribution is 7.97. The van der Waals surface area contributed by atoms with Crippen molar-refractivity contribution in [3.63, 3.8) is 0 Å². The fourth-order valence-corrected chi connectivity index (χ4v) is 18.8. The van der Waals surface area contributed by atoms with E-state index in [2.05, 4.69) is 201 Å². The predicted octanol–water partition coefficient (Wildman–Crippen LogP) is 14.2. The molecule has 14 rings (SSSR count).